The van der Waals surface area contributed by atoms with E-state index in [1.807, 2.05) is 0 Å². The van der Waals surface area contributed by atoms with Crippen molar-refractivity contribution in [3.8, 4) is 0 Å². The summed E-state index contributed by atoms with van der Waals surface area (Å²) in [5.74, 6) is 0. The fourth-order valence-electron chi connectivity index (χ4n) is 2.72. The van der Waals surface area contributed by atoms with Gasteiger partial charge in [-0.25, -0.2) is 8.42 Å². The number of rotatable bonds is 4. The van der Waals surface area contributed by atoms with Gasteiger partial charge in [-0.05, 0) is 31.0 Å². The lowest BCUT2D eigenvalue weighted by Crippen LogP contribution is -2.29. The highest BCUT2D eigenvalue weighted by molar-refractivity contribution is 7.89. The van der Waals surface area contributed by atoms with Crippen LogP contribution in [0, 0.1) is 0 Å². The summed E-state index contributed by atoms with van der Waals surface area (Å²) in [7, 11) is -3.58. The topological polar surface area (TPSA) is 59.4 Å². The molecule has 1 fully saturated rings. The summed E-state index contributed by atoms with van der Waals surface area (Å²) < 4.78 is 28.0. The predicted octanol–water partition coefficient (Wildman–Crippen LogP) is 2.99. The monoisotopic (exact) mass is 386 g/mol. The van der Waals surface area contributed by atoms with Crippen LogP contribution in [0.1, 0.15) is 18.4 Å². The highest BCUT2D eigenvalue weighted by Gasteiger charge is 2.27. The van der Waals surface area contributed by atoms with Crippen molar-refractivity contribution >= 4 is 33.2 Å². The van der Waals surface area contributed by atoms with Crippen molar-refractivity contribution in [1.82, 2.24) is 8.87 Å². The van der Waals surface area contributed by atoms with Crippen LogP contribution >= 0.6 is 23.2 Å². The van der Waals surface area contributed by atoms with Gasteiger partial charge in [-0.1, -0.05) is 29.3 Å². The molecule has 3 rings (SSSR count). The van der Waals surface area contributed by atoms with Crippen molar-refractivity contribution in [3.05, 3.63) is 62.5 Å². The molecule has 0 bridgehead atoms. The number of hydrogen-bond donors (Lipinski definition) is 0. The van der Waals surface area contributed by atoms with Gasteiger partial charge in [0.25, 0.3) is 5.56 Å². The number of halogens is 2. The molecular weight excluding hydrogens is 371 g/mol. The maximum Gasteiger partial charge on any atom is 0.250 e. The Labute approximate surface area is 150 Å². The van der Waals surface area contributed by atoms with Gasteiger partial charge < -0.3 is 4.57 Å². The molecule has 2 aromatic rings. The molecule has 0 saturated carbocycles. The van der Waals surface area contributed by atoms with Crippen molar-refractivity contribution in [2.24, 2.45) is 0 Å². The molecule has 5 nitrogen and oxygen atoms in total. The molecule has 1 aliphatic heterocycles. The lowest BCUT2D eigenvalue weighted by atomic mass is 10.2. The van der Waals surface area contributed by atoms with Crippen molar-refractivity contribution in [1.29, 1.82) is 0 Å². The Bertz CT molecular complexity index is 899. The second-order valence-corrected chi connectivity index (χ2v) is 8.39. The summed E-state index contributed by atoms with van der Waals surface area (Å²) in [6.07, 6.45) is 3.07. The summed E-state index contributed by atoms with van der Waals surface area (Å²) in [6.45, 7) is 1.14. The molecule has 1 aromatic heterocycles. The third kappa shape index (κ3) is 3.37. The Morgan fingerprint density at radius 2 is 1.62 bits per heavy atom. The SMILES string of the molecule is O=c1ccc(S(=O)(=O)N2CCCC2)cn1Cc1c(Cl)cccc1Cl. The Hall–Kier alpha value is -1.34. The Kier molecular flexibility index (Phi) is 5.01. The standard InChI is InChI=1S/C16H16Cl2N2O3S/c17-14-4-3-5-15(18)13(14)11-19-10-12(6-7-16(19)21)24(22,23)20-8-1-2-9-20/h3-7,10H,1-2,8-9,11H2. The third-order valence-electron chi connectivity index (χ3n) is 4.05. The number of hydrogen-bond acceptors (Lipinski definition) is 3. The lowest BCUT2D eigenvalue weighted by Gasteiger charge is -2.17. The molecule has 8 heteroatoms. The van der Waals surface area contributed by atoms with E-state index in [1.165, 1.54) is 27.2 Å². The molecule has 0 spiro atoms. The predicted molar refractivity (Wildman–Crippen MR) is 94.3 cm³/mol. The molecule has 1 aromatic carbocycles. The van der Waals surface area contributed by atoms with E-state index in [1.54, 1.807) is 18.2 Å². The fraction of sp³-hybridized carbons (Fsp3) is 0.312. The van der Waals surface area contributed by atoms with Gasteiger partial charge in [0.1, 0.15) is 0 Å². The van der Waals surface area contributed by atoms with Gasteiger partial charge in [-0.2, -0.15) is 4.31 Å². The van der Waals surface area contributed by atoms with E-state index in [0.29, 0.717) is 28.7 Å². The van der Waals surface area contributed by atoms with Crippen molar-refractivity contribution in [2.45, 2.75) is 24.3 Å². The average molecular weight is 387 g/mol. The smallest absolute Gasteiger partial charge is 0.250 e. The second-order valence-electron chi connectivity index (χ2n) is 5.64. The molecule has 0 aliphatic carbocycles. The first-order chi connectivity index (χ1) is 11.4. The largest absolute Gasteiger partial charge is 0.310 e. The van der Waals surface area contributed by atoms with Gasteiger partial charge in [-0.15, -0.1) is 0 Å². The van der Waals surface area contributed by atoms with Crippen LogP contribution in [0.15, 0.2) is 46.2 Å². The first-order valence-corrected chi connectivity index (χ1v) is 9.73. The van der Waals surface area contributed by atoms with E-state index in [4.69, 9.17) is 23.2 Å². The quantitative estimate of drug-likeness (QED) is 0.811. The summed E-state index contributed by atoms with van der Waals surface area (Å²) in [6, 6.07) is 7.68. The normalized spacial score (nSPS) is 15.8. The molecule has 1 saturated heterocycles. The summed E-state index contributed by atoms with van der Waals surface area (Å²) in [4.78, 5) is 12.2. The Morgan fingerprint density at radius 3 is 2.25 bits per heavy atom. The molecular formula is C16H16Cl2N2O3S. The average Bonchev–Trinajstić information content (AvgIpc) is 3.07. The maximum absolute atomic E-state index is 12.6. The van der Waals surface area contributed by atoms with Crippen LogP contribution in [-0.2, 0) is 16.6 Å². The number of pyridine rings is 1. The minimum Gasteiger partial charge on any atom is -0.310 e. The van der Waals surface area contributed by atoms with Gasteiger partial charge in [0.05, 0.1) is 11.4 Å². The van der Waals surface area contributed by atoms with Crippen LogP contribution in [0.4, 0.5) is 0 Å². The van der Waals surface area contributed by atoms with E-state index in [9.17, 15) is 13.2 Å². The molecule has 0 atom stereocenters. The van der Waals surface area contributed by atoms with Crippen molar-refractivity contribution in [2.75, 3.05) is 13.1 Å². The van der Waals surface area contributed by atoms with Gasteiger partial charge in [0.15, 0.2) is 0 Å². The van der Waals surface area contributed by atoms with Gasteiger partial charge in [-0.3, -0.25) is 4.79 Å². The van der Waals surface area contributed by atoms with Gasteiger partial charge in [0.2, 0.25) is 10.0 Å². The molecule has 0 radical (unpaired) electrons. The molecule has 0 unspecified atom stereocenters. The van der Waals surface area contributed by atoms with E-state index < -0.39 is 10.0 Å². The zero-order valence-corrected chi connectivity index (χ0v) is 15.1. The van der Waals surface area contributed by atoms with E-state index in [2.05, 4.69) is 0 Å². The number of sulfonamides is 1. The minimum atomic E-state index is -3.58. The van der Waals surface area contributed by atoms with Crippen molar-refractivity contribution < 1.29 is 8.42 Å². The van der Waals surface area contributed by atoms with Crippen LogP contribution in [0.25, 0.3) is 0 Å². The first kappa shape index (κ1) is 17.5. The zero-order valence-electron chi connectivity index (χ0n) is 12.8. The summed E-state index contributed by atoms with van der Waals surface area (Å²) in [5, 5.41) is 0.865. The van der Waals surface area contributed by atoms with E-state index in [-0.39, 0.29) is 17.0 Å². The molecule has 24 heavy (non-hydrogen) atoms. The van der Waals surface area contributed by atoms with Crippen LogP contribution < -0.4 is 5.56 Å². The van der Waals surface area contributed by atoms with Crippen LogP contribution in [0.2, 0.25) is 10.0 Å². The van der Waals surface area contributed by atoms with Gasteiger partial charge in [0, 0.05) is 41.0 Å². The van der Waals surface area contributed by atoms with E-state index in [0.717, 1.165) is 12.8 Å². The molecule has 128 valence electrons. The number of benzene rings is 1. The summed E-state index contributed by atoms with van der Waals surface area (Å²) >= 11 is 12.3. The highest BCUT2D eigenvalue weighted by atomic mass is 35.5. The third-order valence-corrected chi connectivity index (χ3v) is 6.64. The number of aromatic nitrogens is 1. The maximum atomic E-state index is 12.6. The van der Waals surface area contributed by atoms with Crippen LogP contribution in [0.3, 0.4) is 0 Å². The molecule has 2 heterocycles. The Morgan fingerprint density at radius 1 is 1.00 bits per heavy atom. The first-order valence-electron chi connectivity index (χ1n) is 7.53. The second kappa shape index (κ2) is 6.88. The minimum absolute atomic E-state index is 0.104. The van der Waals surface area contributed by atoms with E-state index >= 15 is 0 Å². The Balaban J connectivity index is 2.00. The molecule has 0 amide bonds. The van der Waals surface area contributed by atoms with Crippen molar-refractivity contribution in [3.63, 3.8) is 0 Å². The molecule has 1 aliphatic rings. The zero-order chi connectivity index (χ0) is 17.3. The van der Waals surface area contributed by atoms with Crippen LogP contribution in [0.5, 0.6) is 0 Å². The summed E-state index contributed by atoms with van der Waals surface area (Å²) in [5.41, 5.74) is 0.269. The van der Waals surface area contributed by atoms with Gasteiger partial charge >= 0.3 is 0 Å². The van der Waals surface area contributed by atoms with Crippen LogP contribution in [-0.4, -0.2) is 30.4 Å². The highest BCUT2D eigenvalue weighted by Crippen LogP contribution is 2.25. The number of nitrogens with zero attached hydrogens (tertiary/aromatic N) is 2. The fourth-order valence-corrected chi connectivity index (χ4v) is 4.77. The molecule has 0 N–H and O–H groups in total. The lowest BCUT2D eigenvalue weighted by molar-refractivity contribution is 0.476.